The number of carbonyl (C=O) groups excluding carboxylic acids is 3. The van der Waals surface area contributed by atoms with Gasteiger partial charge in [-0.05, 0) is 39.3 Å². The van der Waals surface area contributed by atoms with Crippen molar-refractivity contribution < 1.29 is 19.1 Å². The minimum atomic E-state index is -0.571. The van der Waals surface area contributed by atoms with Crippen molar-refractivity contribution in [3.8, 4) is 0 Å². The van der Waals surface area contributed by atoms with Gasteiger partial charge in [0.1, 0.15) is 5.60 Å². The lowest BCUT2D eigenvalue weighted by Gasteiger charge is -2.25. The number of anilines is 2. The first-order valence-electron chi connectivity index (χ1n) is 7.76. The molecule has 2 heterocycles. The molecule has 6 heteroatoms. The number of hydrogen-bond donors (Lipinski definition) is 0. The van der Waals surface area contributed by atoms with E-state index in [0.717, 1.165) is 5.56 Å². The number of nitrogens with zero attached hydrogens (tertiary/aromatic N) is 2. The van der Waals surface area contributed by atoms with Gasteiger partial charge in [-0.1, -0.05) is 6.07 Å². The van der Waals surface area contributed by atoms with Crippen LogP contribution in [0.4, 0.5) is 16.2 Å². The van der Waals surface area contributed by atoms with Gasteiger partial charge in [0.2, 0.25) is 11.8 Å². The van der Waals surface area contributed by atoms with Crippen LogP contribution >= 0.6 is 0 Å². The van der Waals surface area contributed by atoms with Gasteiger partial charge in [-0.2, -0.15) is 0 Å². The highest BCUT2D eigenvalue weighted by molar-refractivity contribution is 6.20. The van der Waals surface area contributed by atoms with E-state index in [0.29, 0.717) is 24.3 Å². The van der Waals surface area contributed by atoms with E-state index in [-0.39, 0.29) is 24.7 Å². The molecule has 2 aliphatic heterocycles. The molecule has 0 spiro atoms. The summed E-state index contributed by atoms with van der Waals surface area (Å²) in [6, 6.07) is 5.34. The molecular formula is C17H20N2O4. The van der Waals surface area contributed by atoms with Gasteiger partial charge in [0, 0.05) is 24.9 Å². The standard InChI is InChI=1S/C17H20N2O4/c1-17(2,3)23-16(22)18-10-9-11-12(18)5-4-6-13(11)19-14(20)7-8-15(19)21/h4-6H,7-10H2,1-3H3. The maximum absolute atomic E-state index is 12.3. The van der Waals surface area contributed by atoms with Gasteiger partial charge in [-0.15, -0.1) is 0 Å². The normalized spacial score (nSPS) is 17.7. The second-order valence-corrected chi connectivity index (χ2v) is 6.78. The number of benzene rings is 1. The third kappa shape index (κ3) is 2.81. The summed E-state index contributed by atoms with van der Waals surface area (Å²) in [4.78, 5) is 39.1. The highest BCUT2D eigenvalue weighted by atomic mass is 16.6. The fourth-order valence-corrected chi connectivity index (χ4v) is 2.98. The lowest BCUT2D eigenvalue weighted by molar-refractivity contribution is -0.121. The lowest BCUT2D eigenvalue weighted by Crippen LogP contribution is -2.35. The van der Waals surface area contributed by atoms with Crippen molar-refractivity contribution in [2.45, 2.75) is 45.6 Å². The minimum absolute atomic E-state index is 0.181. The van der Waals surface area contributed by atoms with E-state index in [4.69, 9.17) is 4.74 Å². The largest absolute Gasteiger partial charge is 0.443 e. The monoisotopic (exact) mass is 316 g/mol. The zero-order chi connectivity index (χ0) is 16.8. The molecule has 0 saturated carbocycles. The summed E-state index contributed by atoms with van der Waals surface area (Å²) in [5.74, 6) is -0.363. The molecule has 0 bridgehead atoms. The van der Waals surface area contributed by atoms with Crippen LogP contribution in [-0.4, -0.2) is 30.1 Å². The van der Waals surface area contributed by atoms with E-state index >= 15 is 0 Å². The van der Waals surface area contributed by atoms with E-state index in [9.17, 15) is 14.4 Å². The molecule has 0 atom stereocenters. The topological polar surface area (TPSA) is 66.9 Å². The van der Waals surface area contributed by atoms with Crippen LogP contribution in [-0.2, 0) is 20.7 Å². The number of rotatable bonds is 1. The van der Waals surface area contributed by atoms with Crippen LogP contribution in [0.1, 0.15) is 39.2 Å². The van der Waals surface area contributed by atoms with Gasteiger partial charge in [-0.3, -0.25) is 19.4 Å². The summed E-state index contributed by atoms with van der Waals surface area (Å²) < 4.78 is 5.43. The van der Waals surface area contributed by atoms with Crippen molar-refractivity contribution in [2.75, 3.05) is 16.3 Å². The quantitative estimate of drug-likeness (QED) is 0.747. The summed E-state index contributed by atoms with van der Waals surface area (Å²) in [6.07, 6.45) is 0.686. The first kappa shape index (κ1) is 15.5. The van der Waals surface area contributed by atoms with Crippen LogP contribution in [0.25, 0.3) is 0 Å². The zero-order valence-electron chi connectivity index (χ0n) is 13.6. The third-order valence-electron chi connectivity index (χ3n) is 3.91. The van der Waals surface area contributed by atoms with Gasteiger partial charge < -0.3 is 4.74 Å². The van der Waals surface area contributed by atoms with Crippen LogP contribution in [0.3, 0.4) is 0 Å². The fourth-order valence-electron chi connectivity index (χ4n) is 2.98. The Balaban J connectivity index is 1.93. The number of amides is 3. The molecule has 1 aromatic carbocycles. The average Bonchev–Trinajstić information content (AvgIpc) is 3.01. The van der Waals surface area contributed by atoms with Gasteiger partial charge in [-0.25, -0.2) is 4.79 Å². The third-order valence-corrected chi connectivity index (χ3v) is 3.91. The van der Waals surface area contributed by atoms with Crippen LogP contribution in [0, 0.1) is 0 Å². The Kier molecular flexibility index (Phi) is 3.62. The molecular weight excluding hydrogens is 296 g/mol. The van der Waals surface area contributed by atoms with E-state index in [2.05, 4.69) is 0 Å². The molecule has 3 amide bonds. The summed E-state index contributed by atoms with van der Waals surface area (Å²) >= 11 is 0. The molecule has 1 fully saturated rings. The maximum atomic E-state index is 12.3. The van der Waals surface area contributed by atoms with Crippen molar-refractivity contribution in [3.05, 3.63) is 23.8 Å². The van der Waals surface area contributed by atoms with E-state index in [1.807, 2.05) is 26.8 Å². The van der Waals surface area contributed by atoms with Crippen LogP contribution < -0.4 is 9.80 Å². The molecule has 1 aromatic rings. The Morgan fingerprint density at radius 3 is 2.26 bits per heavy atom. The maximum Gasteiger partial charge on any atom is 0.414 e. The number of carbonyl (C=O) groups is 3. The molecule has 0 aromatic heterocycles. The predicted octanol–water partition coefficient (Wildman–Crippen LogP) is 2.64. The number of imide groups is 1. The molecule has 3 rings (SSSR count). The minimum Gasteiger partial charge on any atom is -0.443 e. The SMILES string of the molecule is CC(C)(C)OC(=O)N1CCc2c1cccc2N1C(=O)CCC1=O. The molecule has 2 aliphatic rings. The summed E-state index contributed by atoms with van der Waals surface area (Å²) in [7, 11) is 0. The van der Waals surface area contributed by atoms with Crippen molar-refractivity contribution in [1.82, 2.24) is 0 Å². The molecule has 0 N–H and O–H groups in total. The Hall–Kier alpha value is -2.37. The van der Waals surface area contributed by atoms with Gasteiger partial charge in [0.15, 0.2) is 0 Å². The summed E-state index contributed by atoms with van der Waals surface area (Å²) in [6.45, 7) is 5.94. The van der Waals surface area contributed by atoms with E-state index in [1.54, 1.807) is 17.0 Å². The van der Waals surface area contributed by atoms with Crippen molar-refractivity contribution in [1.29, 1.82) is 0 Å². The zero-order valence-corrected chi connectivity index (χ0v) is 13.6. The highest BCUT2D eigenvalue weighted by Gasteiger charge is 2.36. The molecule has 0 aliphatic carbocycles. The second-order valence-electron chi connectivity index (χ2n) is 6.78. The molecule has 1 saturated heterocycles. The number of ether oxygens (including phenoxy) is 1. The van der Waals surface area contributed by atoms with Crippen molar-refractivity contribution in [2.24, 2.45) is 0 Å². The van der Waals surface area contributed by atoms with Gasteiger partial charge in [0.05, 0.1) is 11.4 Å². The summed E-state index contributed by atoms with van der Waals surface area (Å²) in [5, 5.41) is 0. The molecule has 23 heavy (non-hydrogen) atoms. The Labute approximate surface area is 135 Å². The van der Waals surface area contributed by atoms with Crippen LogP contribution in [0.15, 0.2) is 18.2 Å². The first-order chi connectivity index (χ1) is 10.8. The molecule has 122 valence electrons. The highest BCUT2D eigenvalue weighted by Crippen LogP contribution is 2.38. The van der Waals surface area contributed by atoms with Gasteiger partial charge >= 0.3 is 6.09 Å². The predicted molar refractivity (Wildman–Crippen MR) is 85.5 cm³/mol. The number of hydrogen-bond acceptors (Lipinski definition) is 4. The Morgan fingerprint density at radius 1 is 1.04 bits per heavy atom. The average molecular weight is 316 g/mol. The van der Waals surface area contributed by atoms with Crippen LogP contribution in [0.5, 0.6) is 0 Å². The Bertz CT molecular complexity index is 674. The summed E-state index contributed by atoms with van der Waals surface area (Å²) in [5.41, 5.74) is 1.59. The first-order valence-corrected chi connectivity index (χ1v) is 7.76. The number of fused-ring (bicyclic) bond motifs is 1. The molecule has 6 nitrogen and oxygen atoms in total. The Morgan fingerprint density at radius 2 is 1.65 bits per heavy atom. The second kappa shape index (κ2) is 5.37. The molecule has 0 unspecified atom stereocenters. The van der Waals surface area contributed by atoms with E-state index < -0.39 is 11.7 Å². The smallest absolute Gasteiger partial charge is 0.414 e. The van der Waals surface area contributed by atoms with Crippen molar-refractivity contribution in [3.63, 3.8) is 0 Å². The van der Waals surface area contributed by atoms with Crippen molar-refractivity contribution >= 4 is 29.3 Å². The van der Waals surface area contributed by atoms with Gasteiger partial charge in [0.25, 0.3) is 0 Å². The van der Waals surface area contributed by atoms with Crippen LogP contribution in [0.2, 0.25) is 0 Å². The molecule has 0 radical (unpaired) electrons. The fraction of sp³-hybridized carbons (Fsp3) is 0.471. The lowest BCUT2D eigenvalue weighted by atomic mass is 10.1. The van der Waals surface area contributed by atoms with E-state index in [1.165, 1.54) is 4.90 Å².